The average Bonchev–Trinajstić information content (AvgIpc) is 2.70. The molecule has 0 amide bonds. The quantitative estimate of drug-likeness (QED) is 0.516. The van der Waals surface area contributed by atoms with E-state index in [-0.39, 0.29) is 5.56 Å². The van der Waals surface area contributed by atoms with Crippen LogP contribution >= 0.6 is 0 Å². The highest BCUT2D eigenvalue weighted by Gasteiger charge is 2.14. The van der Waals surface area contributed by atoms with E-state index >= 15 is 0 Å². The first-order valence-electron chi connectivity index (χ1n) is 8.93. The standard InChI is InChI=1S/C24H21NO/c1-18-21-14-8-9-15-23(21)25(17-20-12-6-3-7-13-20)24(26)22(18)16-19-10-4-2-5-11-19/h2-15H,16-17H2,1H3. The second kappa shape index (κ2) is 7.01. The first-order chi connectivity index (χ1) is 12.7. The predicted molar refractivity (Wildman–Crippen MR) is 108 cm³/mol. The third-order valence-electron chi connectivity index (χ3n) is 4.96. The van der Waals surface area contributed by atoms with Gasteiger partial charge in [-0.25, -0.2) is 0 Å². The van der Waals surface area contributed by atoms with Crippen LogP contribution < -0.4 is 5.56 Å². The van der Waals surface area contributed by atoms with Crippen LogP contribution in [0.25, 0.3) is 10.9 Å². The maximum Gasteiger partial charge on any atom is 0.255 e. The molecule has 3 aromatic carbocycles. The Labute approximate surface area is 153 Å². The number of hydrogen-bond donors (Lipinski definition) is 0. The van der Waals surface area contributed by atoms with Gasteiger partial charge in [0.15, 0.2) is 0 Å². The molecule has 0 saturated heterocycles. The van der Waals surface area contributed by atoms with E-state index in [0.717, 1.165) is 33.2 Å². The lowest BCUT2D eigenvalue weighted by Gasteiger charge is -2.16. The number of nitrogens with zero attached hydrogens (tertiary/aromatic N) is 1. The summed E-state index contributed by atoms with van der Waals surface area (Å²) in [5.41, 5.74) is 5.36. The molecule has 0 aliphatic rings. The minimum absolute atomic E-state index is 0.105. The second-order valence-corrected chi connectivity index (χ2v) is 6.66. The Morgan fingerprint density at radius 2 is 1.31 bits per heavy atom. The van der Waals surface area contributed by atoms with E-state index in [1.54, 1.807) is 0 Å². The fourth-order valence-corrected chi connectivity index (χ4v) is 3.55. The van der Waals surface area contributed by atoms with Gasteiger partial charge in [-0.05, 0) is 29.7 Å². The topological polar surface area (TPSA) is 22.0 Å². The van der Waals surface area contributed by atoms with Gasteiger partial charge in [0.25, 0.3) is 5.56 Å². The highest BCUT2D eigenvalue weighted by atomic mass is 16.1. The lowest BCUT2D eigenvalue weighted by molar-refractivity contribution is 0.780. The Kier molecular flexibility index (Phi) is 4.40. The van der Waals surface area contributed by atoms with Gasteiger partial charge in [-0.15, -0.1) is 0 Å². The summed E-state index contributed by atoms with van der Waals surface area (Å²) in [7, 11) is 0. The summed E-state index contributed by atoms with van der Waals surface area (Å²) in [5, 5.41) is 1.15. The number of para-hydroxylation sites is 1. The zero-order chi connectivity index (χ0) is 17.9. The molecule has 128 valence electrons. The fraction of sp³-hybridized carbons (Fsp3) is 0.125. The summed E-state index contributed by atoms with van der Waals surface area (Å²) in [4.78, 5) is 13.4. The maximum atomic E-state index is 13.4. The molecule has 1 heterocycles. The zero-order valence-electron chi connectivity index (χ0n) is 14.9. The lowest BCUT2D eigenvalue weighted by Crippen LogP contribution is -2.26. The summed E-state index contributed by atoms with van der Waals surface area (Å²) < 4.78 is 1.91. The smallest absolute Gasteiger partial charge is 0.255 e. The maximum absolute atomic E-state index is 13.4. The molecule has 26 heavy (non-hydrogen) atoms. The molecular formula is C24H21NO. The molecule has 0 saturated carbocycles. The Bertz CT molecular complexity index is 1100. The van der Waals surface area contributed by atoms with E-state index in [1.165, 1.54) is 0 Å². The molecule has 0 bridgehead atoms. The fourth-order valence-electron chi connectivity index (χ4n) is 3.55. The Balaban J connectivity index is 1.91. The third kappa shape index (κ3) is 3.06. The van der Waals surface area contributed by atoms with Crippen LogP contribution in [0.4, 0.5) is 0 Å². The number of hydrogen-bond acceptors (Lipinski definition) is 1. The third-order valence-corrected chi connectivity index (χ3v) is 4.96. The van der Waals surface area contributed by atoms with Crippen molar-refractivity contribution in [2.45, 2.75) is 19.9 Å². The zero-order valence-corrected chi connectivity index (χ0v) is 14.9. The Morgan fingerprint density at radius 1 is 0.731 bits per heavy atom. The van der Waals surface area contributed by atoms with Gasteiger partial charge in [0.05, 0.1) is 12.1 Å². The van der Waals surface area contributed by atoms with Crippen LogP contribution in [0.3, 0.4) is 0 Å². The van der Waals surface area contributed by atoms with Crippen molar-refractivity contribution in [1.29, 1.82) is 0 Å². The summed E-state index contributed by atoms with van der Waals surface area (Å²) in [5.74, 6) is 0. The van der Waals surface area contributed by atoms with Crippen molar-refractivity contribution < 1.29 is 0 Å². The minimum atomic E-state index is 0.105. The summed E-state index contributed by atoms with van der Waals surface area (Å²) in [6.45, 7) is 2.65. The largest absolute Gasteiger partial charge is 0.304 e. The summed E-state index contributed by atoms with van der Waals surface area (Å²) in [6, 6.07) is 28.6. The minimum Gasteiger partial charge on any atom is -0.304 e. The number of benzene rings is 3. The van der Waals surface area contributed by atoms with Gasteiger partial charge in [0.1, 0.15) is 0 Å². The van der Waals surface area contributed by atoms with Crippen molar-refractivity contribution in [3.8, 4) is 0 Å². The molecule has 0 spiro atoms. The SMILES string of the molecule is Cc1c(Cc2ccccc2)c(=O)n(Cc2ccccc2)c2ccccc12. The van der Waals surface area contributed by atoms with E-state index < -0.39 is 0 Å². The van der Waals surface area contributed by atoms with Crippen molar-refractivity contribution in [2.24, 2.45) is 0 Å². The van der Waals surface area contributed by atoms with Crippen LogP contribution in [-0.4, -0.2) is 4.57 Å². The van der Waals surface area contributed by atoms with Gasteiger partial charge in [0, 0.05) is 17.4 Å². The second-order valence-electron chi connectivity index (χ2n) is 6.66. The van der Waals surface area contributed by atoms with Crippen LogP contribution in [0, 0.1) is 6.92 Å². The predicted octanol–water partition coefficient (Wildman–Crippen LogP) is 4.95. The molecule has 0 atom stereocenters. The van der Waals surface area contributed by atoms with Gasteiger partial charge in [-0.3, -0.25) is 4.79 Å². The van der Waals surface area contributed by atoms with Crippen molar-refractivity contribution >= 4 is 10.9 Å². The molecule has 0 aliphatic heterocycles. The van der Waals surface area contributed by atoms with Crippen LogP contribution in [0.15, 0.2) is 89.7 Å². The molecule has 0 unspecified atom stereocenters. The number of fused-ring (bicyclic) bond motifs is 1. The molecule has 0 N–H and O–H groups in total. The number of aromatic nitrogens is 1. The number of pyridine rings is 1. The molecule has 0 radical (unpaired) electrons. The van der Waals surface area contributed by atoms with Gasteiger partial charge < -0.3 is 4.57 Å². The molecule has 4 rings (SSSR count). The van der Waals surface area contributed by atoms with Gasteiger partial charge >= 0.3 is 0 Å². The molecule has 2 nitrogen and oxygen atoms in total. The van der Waals surface area contributed by atoms with Gasteiger partial charge in [-0.1, -0.05) is 78.9 Å². The van der Waals surface area contributed by atoms with Crippen molar-refractivity contribution in [1.82, 2.24) is 4.57 Å². The summed E-state index contributed by atoms with van der Waals surface area (Å²) >= 11 is 0. The lowest BCUT2D eigenvalue weighted by atomic mass is 9.98. The first-order valence-corrected chi connectivity index (χ1v) is 8.93. The highest BCUT2D eigenvalue weighted by Crippen LogP contribution is 2.22. The Morgan fingerprint density at radius 3 is 2.00 bits per heavy atom. The van der Waals surface area contributed by atoms with Crippen LogP contribution in [0.1, 0.15) is 22.3 Å². The van der Waals surface area contributed by atoms with Crippen LogP contribution in [-0.2, 0) is 13.0 Å². The van der Waals surface area contributed by atoms with Crippen LogP contribution in [0.2, 0.25) is 0 Å². The van der Waals surface area contributed by atoms with Crippen molar-refractivity contribution in [2.75, 3.05) is 0 Å². The first kappa shape index (κ1) is 16.3. The molecule has 0 fully saturated rings. The molecule has 4 aromatic rings. The number of rotatable bonds is 4. The monoisotopic (exact) mass is 339 g/mol. The number of aryl methyl sites for hydroxylation is 1. The Hall–Kier alpha value is -3.13. The van der Waals surface area contributed by atoms with Crippen molar-refractivity contribution in [3.63, 3.8) is 0 Å². The summed E-state index contributed by atoms with van der Waals surface area (Å²) in [6.07, 6.45) is 0.658. The van der Waals surface area contributed by atoms with E-state index in [2.05, 4.69) is 37.3 Å². The van der Waals surface area contributed by atoms with Crippen LogP contribution in [0.5, 0.6) is 0 Å². The van der Waals surface area contributed by atoms with Crippen molar-refractivity contribution in [3.05, 3.63) is 118 Å². The van der Waals surface area contributed by atoms with E-state index in [0.29, 0.717) is 13.0 Å². The van der Waals surface area contributed by atoms with E-state index in [9.17, 15) is 4.79 Å². The molecule has 1 aromatic heterocycles. The van der Waals surface area contributed by atoms with E-state index in [4.69, 9.17) is 0 Å². The molecule has 0 aliphatic carbocycles. The normalized spacial score (nSPS) is 11.0. The van der Waals surface area contributed by atoms with Gasteiger partial charge in [0.2, 0.25) is 0 Å². The highest BCUT2D eigenvalue weighted by molar-refractivity contribution is 5.83. The molecular weight excluding hydrogens is 318 g/mol. The average molecular weight is 339 g/mol. The van der Waals surface area contributed by atoms with E-state index in [1.807, 2.05) is 59.2 Å². The van der Waals surface area contributed by atoms with Gasteiger partial charge in [-0.2, -0.15) is 0 Å². The molecule has 2 heteroatoms.